The van der Waals surface area contributed by atoms with Crippen LogP contribution >= 0.6 is 0 Å². The van der Waals surface area contributed by atoms with E-state index >= 15 is 0 Å². The van der Waals surface area contributed by atoms with E-state index in [4.69, 9.17) is 15.0 Å². The Hall–Kier alpha value is -5.94. The molecular formula is C40H29N5. The summed E-state index contributed by atoms with van der Waals surface area (Å²) in [4.78, 5) is 19.6. The lowest BCUT2D eigenvalue weighted by Gasteiger charge is -2.16. The molecule has 8 aromatic rings. The zero-order valence-electron chi connectivity index (χ0n) is 25.0. The van der Waals surface area contributed by atoms with Crippen molar-refractivity contribution in [3.63, 3.8) is 0 Å². The summed E-state index contributed by atoms with van der Waals surface area (Å²) < 4.78 is 2.35. The Morgan fingerprint density at radius 2 is 1.02 bits per heavy atom. The van der Waals surface area contributed by atoms with Gasteiger partial charge in [-0.05, 0) is 61.9 Å². The van der Waals surface area contributed by atoms with Gasteiger partial charge in [0.15, 0.2) is 17.5 Å². The van der Waals surface area contributed by atoms with Gasteiger partial charge in [0.25, 0.3) is 0 Å². The minimum Gasteiger partial charge on any atom is -0.308 e. The largest absolute Gasteiger partial charge is 0.308 e. The van der Waals surface area contributed by atoms with Crippen molar-refractivity contribution in [3.05, 3.63) is 151 Å². The lowest BCUT2D eigenvalue weighted by Crippen LogP contribution is -2.04. The number of hydrogen-bond acceptors (Lipinski definition) is 4. The maximum Gasteiger partial charge on any atom is 0.166 e. The van der Waals surface area contributed by atoms with E-state index in [1.54, 1.807) is 6.20 Å². The van der Waals surface area contributed by atoms with Gasteiger partial charge < -0.3 is 4.57 Å². The van der Waals surface area contributed by atoms with E-state index in [0.29, 0.717) is 17.5 Å². The molecule has 0 aliphatic rings. The number of rotatable bonds is 5. The number of aromatic nitrogens is 5. The molecule has 0 N–H and O–H groups in total. The van der Waals surface area contributed by atoms with Crippen LogP contribution in [0.3, 0.4) is 0 Å². The van der Waals surface area contributed by atoms with Gasteiger partial charge >= 0.3 is 0 Å². The molecule has 45 heavy (non-hydrogen) atoms. The second-order valence-corrected chi connectivity index (χ2v) is 11.4. The van der Waals surface area contributed by atoms with Crippen LogP contribution in [0.25, 0.3) is 72.8 Å². The van der Waals surface area contributed by atoms with E-state index in [2.05, 4.69) is 84.1 Å². The molecule has 0 aliphatic carbocycles. The molecule has 0 amide bonds. The standard InChI is InChI=1S/C40H29N5/c1-26-15-19-35-33(22-26)34-23-27(2)16-20-36(34)45(35)37-24-30(31-14-9-21-41-25-31)17-18-32(37)40-43-38(28-10-5-3-6-11-28)42-39(44-40)29-12-7-4-8-13-29/h3-25H,1-2H3. The second kappa shape index (κ2) is 11.0. The van der Waals surface area contributed by atoms with Crippen molar-refractivity contribution < 1.29 is 0 Å². The van der Waals surface area contributed by atoms with Gasteiger partial charge in [0.1, 0.15) is 0 Å². The van der Waals surface area contributed by atoms with Crippen molar-refractivity contribution in [2.75, 3.05) is 0 Å². The van der Waals surface area contributed by atoms with Gasteiger partial charge in [0, 0.05) is 45.4 Å². The van der Waals surface area contributed by atoms with Gasteiger partial charge in [0.05, 0.1) is 16.7 Å². The van der Waals surface area contributed by atoms with Crippen LogP contribution in [-0.4, -0.2) is 24.5 Å². The van der Waals surface area contributed by atoms with Crippen molar-refractivity contribution in [1.82, 2.24) is 24.5 Å². The Kier molecular flexibility index (Phi) is 6.50. The van der Waals surface area contributed by atoms with Gasteiger partial charge in [-0.3, -0.25) is 4.98 Å². The van der Waals surface area contributed by atoms with Crippen LogP contribution in [0.5, 0.6) is 0 Å². The topological polar surface area (TPSA) is 56.5 Å². The second-order valence-electron chi connectivity index (χ2n) is 11.4. The number of benzene rings is 5. The predicted molar refractivity (Wildman–Crippen MR) is 183 cm³/mol. The summed E-state index contributed by atoms with van der Waals surface area (Å²) >= 11 is 0. The first kappa shape index (κ1) is 26.7. The SMILES string of the molecule is Cc1ccc2c(c1)c1cc(C)ccc1n2-c1cc(-c2cccnc2)ccc1-c1nc(-c2ccccc2)nc(-c2ccccc2)n1. The molecule has 0 bridgehead atoms. The van der Waals surface area contributed by atoms with Gasteiger partial charge in [-0.2, -0.15) is 0 Å². The summed E-state index contributed by atoms with van der Waals surface area (Å²) in [6, 6.07) is 44.1. The average molecular weight is 580 g/mol. The summed E-state index contributed by atoms with van der Waals surface area (Å²) in [6.07, 6.45) is 3.71. The Labute approximate surface area is 261 Å². The van der Waals surface area contributed by atoms with Crippen LogP contribution < -0.4 is 0 Å². The molecule has 0 unspecified atom stereocenters. The summed E-state index contributed by atoms with van der Waals surface area (Å²) in [5.74, 6) is 1.88. The third-order valence-electron chi connectivity index (χ3n) is 8.25. The summed E-state index contributed by atoms with van der Waals surface area (Å²) in [5, 5.41) is 2.44. The number of nitrogens with zero attached hydrogens (tertiary/aromatic N) is 5. The maximum atomic E-state index is 5.11. The minimum atomic E-state index is 0.615. The molecule has 0 saturated heterocycles. The monoisotopic (exact) mass is 579 g/mol. The average Bonchev–Trinajstić information content (AvgIpc) is 3.41. The van der Waals surface area contributed by atoms with E-state index < -0.39 is 0 Å². The Morgan fingerprint density at radius 3 is 1.58 bits per heavy atom. The lowest BCUT2D eigenvalue weighted by atomic mass is 10.0. The highest BCUT2D eigenvalue weighted by molar-refractivity contribution is 6.10. The van der Waals surface area contributed by atoms with E-state index in [9.17, 15) is 0 Å². The molecule has 5 nitrogen and oxygen atoms in total. The third kappa shape index (κ3) is 4.85. The first-order valence-electron chi connectivity index (χ1n) is 15.1. The number of fused-ring (bicyclic) bond motifs is 3. The van der Waals surface area contributed by atoms with E-state index in [-0.39, 0.29) is 0 Å². The van der Waals surface area contributed by atoms with Crippen molar-refractivity contribution >= 4 is 21.8 Å². The minimum absolute atomic E-state index is 0.615. The molecule has 0 aliphatic heterocycles. The molecule has 3 aromatic heterocycles. The Bertz CT molecular complexity index is 2210. The maximum absolute atomic E-state index is 5.11. The van der Waals surface area contributed by atoms with Crippen LogP contribution in [0.2, 0.25) is 0 Å². The molecule has 0 spiro atoms. The number of aryl methyl sites for hydroxylation is 2. The third-order valence-corrected chi connectivity index (χ3v) is 8.25. The molecule has 214 valence electrons. The normalized spacial score (nSPS) is 11.3. The summed E-state index contributed by atoms with van der Waals surface area (Å²) in [5.41, 5.74) is 10.6. The zero-order valence-corrected chi connectivity index (χ0v) is 25.0. The van der Waals surface area contributed by atoms with Crippen LogP contribution in [0.1, 0.15) is 11.1 Å². The molecule has 8 rings (SSSR count). The smallest absolute Gasteiger partial charge is 0.166 e. The predicted octanol–water partition coefficient (Wildman–Crippen LogP) is 9.65. The fourth-order valence-corrected chi connectivity index (χ4v) is 6.06. The molecule has 5 heteroatoms. The van der Waals surface area contributed by atoms with Crippen LogP contribution in [0.4, 0.5) is 0 Å². The quantitative estimate of drug-likeness (QED) is 0.204. The van der Waals surface area contributed by atoms with E-state index in [1.165, 1.54) is 21.9 Å². The van der Waals surface area contributed by atoms with Gasteiger partial charge in [-0.1, -0.05) is 96.1 Å². The highest BCUT2D eigenvalue weighted by Gasteiger charge is 2.20. The first-order chi connectivity index (χ1) is 22.1. The molecular weight excluding hydrogens is 550 g/mol. The first-order valence-corrected chi connectivity index (χ1v) is 15.1. The van der Waals surface area contributed by atoms with Crippen LogP contribution in [0, 0.1) is 13.8 Å². The summed E-state index contributed by atoms with van der Waals surface area (Å²) in [7, 11) is 0. The molecule has 3 heterocycles. The Balaban J connectivity index is 1.46. The molecule has 0 fully saturated rings. The fraction of sp³-hybridized carbons (Fsp3) is 0.0500. The van der Waals surface area contributed by atoms with Gasteiger partial charge in [-0.25, -0.2) is 15.0 Å². The number of hydrogen-bond donors (Lipinski definition) is 0. The molecule has 0 radical (unpaired) electrons. The van der Waals surface area contributed by atoms with Crippen molar-refractivity contribution in [2.24, 2.45) is 0 Å². The van der Waals surface area contributed by atoms with Crippen molar-refractivity contribution in [2.45, 2.75) is 13.8 Å². The van der Waals surface area contributed by atoms with Gasteiger partial charge in [-0.15, -0.1) is 0 Å². The molecule has 0 atom stereocenters. The molecule has 5 aromatic carbocycles. The highest BCUT2D eigenvalue weighted by atomic mass is 15.1. The van der Waals surface area contributed by atoms with E-state index in [0.717, 1.165) is 44.5 Å². The van der Waals surface area contributed by atoms with Crippen LogP contribution in [-0.2, 0) is 0 Å². The van der Waals surface area contributed by atoms with Gasteiger partial charge in [0.2, 0.25) is 0 Å². The van der Waals surface area contributed by atoms with E-state index in [1.807, 2.05) is 72.9 Å². The Morgan fingerprint density at radius 1 is 0.467 bits per heavy atom. The molecule has 0 saturated carbocycles. The lowest BCUT2D eigenvalue weighted by molar-refractivity contribution is 1.06. The number of pyridine rings is 1. The van der Waals surface area contributed by atoms with Crippen molar-refractivity contribution in [3.8, 4) is 51.0 Å². The zero-order chi connectivity index (χ0) is 30.3. The fourth-order valence-electron chi connectivity index (χ4n) is 6.06. The summed E-state index contributed by atoms with van der Waals surface area (Å²) in [6.45, 7) is 4.29. The van der Waals surface area contributed by atoms with Crippen molar-refractivity contribution in [1.29, 1.82) is 0 Å². The highest BCUT2D eigenvalue weighted by Crippen LogP contribution is 2.38. The van der Waals surface area contributed by atoms with Crippen LogP contribution in [0.15, 0.2) is 140 Å².